The molecule has 2 aliphatic heterocycles. The summed E-state index contributed by atoms with van der Waals surface area (Å²) in [6.07, 6.45) is 0. The predicted molar refractivity (Wildman–Crippen MR) is 61.0 cm³/mol. The van der Waals surface area contributed by atoms with Gasteiger partial charge >= 0.3 is 5.97 Å². The minimum absolute atomic E-state index is 0.0559. The summed E-state index contributed by atoms with van der Waals surface area (Å²) in [5.74, 6) is -1.17. The second-order valence-corrected chi connectivity index (χ2v) is 5.13. The molecule has 6 nitrogen and oxygen atoms in total. The van der Waals surface area contributed by atoms with Gasteiger partial charge in [-0.05, 0) is 12.5 Å². The molecule has 0 saturated carbocycles. The van der Waals surface area contributed by atoms with Crippen LogP contribution in [0.5, 0.6) is 0 Å². The topological polar surface area (TPSA) is 86.7 Å². The molecule has 0 aromatic carbocycles. The molecule has 2 atom stereocenters. The molecule has 0 aliphatic carbocycles. The third-order valence-corrected chi connectivity index (χ3v) is 4.14. The Morgan fingerprint density at radius 3 is 2.71 bits per heavy atom. The minimum atomic E-state index is -1.09. The lowest BCUT2D eigenvalue weighted by Crippen LogP contribution is -2.70. The maximum atomic E-state index is 11.8. The van der Waals surface area contributed by atoms with E-state index in [1.165, 1.54) is 23.6 Å². The molecule has 1 saturated heterocycles. The molecule has 0 bridgehead atoms. The molecular formula is C10H12N2O4S. The second-order valence-electron chi connectivity index (χ2n) is 4.02. The number of nitrogens with one attached hydrogen (secondary N) is 1. The number of rotatable bonds is 2. The Morgan fingerprint density at radius 2 is 2.18 bits per heavy atom. The van der Waals surface area contributed by atoms with Crippen LogP contribution in [0.3, 0.4) is 0 Å². The number of hydrogen-bond donors (Lipinski definition) is 2. The van der Waals surface area contributed by atoms with Crippen molar-refractivity contribution >= 4 is 29.5 Å². The fraction of sp³-hybridized carbons (Fsp3) is 0.500. The molecule has 7 heteroatoms. The summed E-state index contributed by atoms with van der Waals surface area (Å²) in [7, 11) is 0. The summed E-state index contributed by atoms with van der Waals surface area (Å²) in [5.41, 5.74) is 0.730. The number of β-lactam (4-membered cyclic amide) rings is 1. The van der Waals surface area contributed by atoms with Gasteiger partial charge in [0.1, 0.15) is 17.1 Å². The van der Waals surface area contributed by atoms with Crippen LogP contribution >= 0.6 is 11.8 Å². The number of amides is 2. The zero-order valence-corrected chi connectivity index (χ0v) is 10.2. The number of carboxylic acid groups (broad SMARTS) is 1. The summed E-state index contributed by atoms with van der Waals surface area (Å²) >= 11 is 1.47. The van der Waals surface area contributed by atoms with E-state index in [0.717, 1.165) is 0 Å². The minimum Gasteiger partial charge on any atom is -0.477 e. The molecule has 2 N–H and O–H groups in total. The first-order valence-electron chi connectivity index (χ1n) is 5.08. The van der Waals surface area contributed by atoms with Crippen molar-refractivity contribution < 1.29 is 19.5 Å². The van der Waals surface area contributed by atoms with Crippen molar-refractivity contribution in [3.05, 3.63) is 11.3 Å². The number of carbonyl (C=O) groups is 3. The number of aliphatic carboxylic acids is 1. The maximum absolute atomic E-state index is 11.8. The van der Waals surface area contributed by atoms with Crippen LogP contribution in [0.4, 0.5) is 0 Å². The Hall–Kier alpha value is -1.50. The number of fused-ring (bicyclic) bond motifs is 1. The van der Waals surface area contributed by atoms with Gasteiger partial charge < -0.3 is 10.4 Å². The van der Waals surface area contributed by atoms with Crippen molar-refractivity contribution in [2.45, 2.75) is 25.3 Å². The highest BCUT2D eigenvalue weighted by Crippen LogP contribution is 2.39. The van der Waals surface area contributed by atoms with Crippen LogP contribution in [-0.2, 0) is 14.4 Å². The molecule has 2 aliphatic rings. The standard InChI is InChI=1S/C10H12N2O4S/c1-4-3-17-9-6(11-5(2)13)8(14)12(9)7(4)10(15)16/h6,9H,3H2,1-2H3,(H,11,13)(H,15,16)/t6-,9-/m1/s1. The molecule has 0 unspecified atom stereocenters. The fourth-order valence-corrected chi connectivity index (χ4v) is 3.29. The van der Waals surface area contributed by atoms with Gasteiger partial charge in [0, 0.05) is 12.7 Å². The molecule has 0 aromatic heterocycles. The Morgan fingerprint density at radius 1 is 1.53 bits per heavy atom. The zero-order chi connectivity index (χ0) is 12.7. The van der Waals surface area contributed by atoms with E-state index in [4.69, 9.17) is 5.11 Å². The van der Waals surface area contributed by atoms with Crippen molar-refractivity contribution in [2.24, 2.45) is 0 Å². The van der Waals surface area contributed by atoms with E-state index in [0.29, 0.717) is 11.3 Å². The van der Waals surface area contributed by atoms with E-state index in [1.807, 2.05) is 0 Å². The molecular weight excluding hydrogens is 244 g/mol. The fourth-order valence-electron chi connectivity index (χ4n) is 1.99. The number of thioether (sulfide) groups is 1. The van der Waals surface area contributed by atoms with Crippen LogP contribution in [0.15, 0.2) is 11.3 Å². The summed E-state index contributed by atoms with van der Waals surface area (Å²) in [5, 5.41) is 11.3. The summed E-state index contributed by atoms with van der Waals surface area (Å²) in [6.45, 7) is 3.04. The van der Waals surface area contributed by atoms with Crippen LogP contribution in [0, 0.1) is 0 Å². The lowest BCUT2D eigenvalue weighted by Gasteiger charge is -2.49. The van der Waals surface area contributed by atoms with Crippen LogP contribution in [0.1, 0.15) is 13.8 Å². The van der Waals surface area contributed by atoms with Gasteiger partial charge in [-0.15, -0.1) is 11.8 Å². The molecule has 92 valence electrons. The first-order chi connectivity index (χ1) is 7.93. The van der Waals surface area contributed by atoms with Gasteiger partial charge in [0.25, 0.3) is 5.91 Å². The lowest BCUT2D eigenvalue weighted by atomic mass is 10.0. The van der Waals surface area contributed by atoms with Gasteiger partial charge in [-0.1, -0.05) is 0 Å². The quantitative estimate of drug-likeness (QED) is 0.666. The molecule has 0 spiro atoms. The molecule has 0 aromatic rings. The summed E-state index contributed by atoms with van der Waals surface area (Å²) < 4.78 is 0. The van der Waals surface area contributed by atoms with Gasteiger partial charge in [0.2, 0.25) is 5.91 Å². The smallest absolute Gasteiger partial charge is 0.352 e. The average molecular weight is 256 g/mol. The largest absolute Gasteiger partial charge is 0.477 e. The number of carboxylic acids is 1. The second kappa shape index (κ2) is 4.06. The third kappa shape index (κ3) is 1.80. The van der Waals surface area contributed by atoms with Gasteiger partial charge in [-0.3, -0.25) is 14.5 Å². The van der Waals surface area contributed by atoms with E-state index < -0.39 is 12.0 Å². The summed E-state index contributed by atoms with van der Waals surface area (Å²) in [6, 6.07) is -0.597. The van der Waals surface area contributed by atoms with Crippen LogP contribution < -0.4 is 5.32 Å². The molecule has 2 amide bonds. The molecule has 0 radical (unpaired) electrons. The van der Waals surface area contributed by atoms with Crippen LogP contribution in [0.25, 0.3) is 0 Å². The SMILES string of the molecule is CC(=O)N[C@@H]1C(=O)N2C(C(=O)O)=C(C)CS[C@H]12. The highest BCUT2D eigenvalue weighted by Gasteiger charge is 2.53. The van der Waals surface area contributed by atoms with Gasteiger partial charge in [0.05, 0.1) is 0 Å². The lowest BCUT2D eigenvalue weighted by molar-refractivity contribution is -0.150. The van der Waals surface area contributed by atoms with Crippen molar-refractivity contribution in [2.75, 3.05) is 5.75 Å². The Bertz CT molecular complexity index is 446. The maximum Gasteiger partial charge on any atom is 0.352 e. The first-order valence-corrected chi connectivity index (χ1v) is 6.13. The number of hydrogen-bond acceptors (Lipinski definition) is 4. The summed E-state index contributed by atoms with van der Waals surface area (Å²) in [4.78, 5) is 35.1. The molecule has 1 fully saturated rings. The van der Waals surface area contributed by atoms with Crippen molar-refractivity contribution in [1.82, 2.24) is 10.2 Å². The Kier molecular flexibility index (Phi) is 2.86. The van der Waals surface area contributed by atoms with Gasteiger partial charge in [0.15, 0.2) is 0 Å². The zero-order valence-electron chi connectivity index (χ0n) is 9.39. The van der Waals surface area contributed by atoms with E-state index in [2.05, 4.69) is 5.32 Å². The molecule has 2 rings (SSSR count). The predicted octanol–water partition coefficient (Wildman–Crippen LogP) is -0.235. The van der Waals surface area contributed by atoms with Crippen LogP contribution in [0.2, 0.25) is 0 Å². The normalized spacial score (nSPS) is 27.4. The first kappa shape index (κ1) is 12.0. The van der Waals surface area contributed by atoms with Crippen LogP contribution in [-0.4, -0.2) is 45.0 Å². The van der Waals surface area contributed by atoms with E-state index in [1.54, 1.807) is 6.92 Å². The highest BCUT2D eigenvalue weighted by molar-refractivity contribution is 8.00. The van der Waals surface area contributed by atoms with Crippen molar-refractivity contribution in [3.63, 3.8) is 0 Å². The average Bonchev–Trinajstić information content (AvgIpc) is 2.24. The number of nitrogens with zero attached hydrogens (tertiary/aromatic N) is 1. The Labute approximate surface area is 102 Å². The third-order valence-electron chi connectivity index (χ3n) is 2.72. The van der Waals surface area contributed by atoms with E-state index in [9.17, 15) is 14.4 Å². The van der Waals surface area contributed by atoms with Crippen molar-refractivity contribution in [1.29, 1.82) is 0 Å². The van der Waals surface area contributed by atoms with Crippen molar-refractivity contribution in [3.8, 4) is 0 Å². The monoisotopic (exact) mass is 256 g/mol. The number of carbonyl (C=O) groups excluding carboxylic acids is 2. The molecule has 17 heavy (non-hydrogen) atoms. The van der Waals surface area contributed by atoms with E-state index >= 15 is 0 Å². The van der Waals surface area contributed by atoms with Gasteiger partial charge in [-0.25, -0.2) is 4.79 Å². The highest BCUT2D eigenvalue weighted by atomic mass is 32.2. The molecule has 2 heterocycles. The Balaban J connectivity index is 2.24. The van der Waals surface area contributed by atoms with E-state index in [-0.39, 0.29) is 22.9 Å². The van der Waals surface area contributed by atoms with Gasteiger partial charge in [-0.2, -0.15) is 0 Å².